The molecule has 3 aromatic heterocycles. The van der Waals surface area contributed by atoms with Crippen LogP contribution in [0.1, 0.15) is 15.4 Å². The van der Waals surface area contributed by atoms with E-state index in [1.54, 1.807) is 6.20 Å². The third kappa shape index (κ3) is 3.83. The van der Waals surface area contributed by atoms with Crippen LogP contribution in [0.25, 0.3) is 11.0 Å². The summed E-state index contributed by atoms with van der Waals surface area (Å²) in [5.74, 6) is 0.348. The van der Waals surface area contributed by atoms with Crippen LogP contribution in [0.5, 0.6) is 0 Å². The zero-order valence-corrected chi connectivity index (χ0v) is 18.0. The molecule has 27 heavy (non-hydrogen) atoms. The first-order valence-corrected chi connectivity index (χ1v) is 10.7. The van der Waals surface area contributed by atoms with Crippen molar-refractivity contribution < 1.29 is 4.79 Å². The number of carbonyl (C=O) groups is 1. The summed E-state index contributed by atoms with van der Waals surface area (Å²) >= 11 is 8.24. The number of rotatable bonds is 5. The van der Waals surface area contributed by atoms with E-state index in [0.717, 1.165) is 32.1 Å². The predicted octanol–water partition coefficient (Wildman–Crippen LogP) is 5.51. The predicted molar refractivity (Wildman–Crippen MR) is 115 cm³/mol. The Morgan fingerprint density at radius 2 is 1.96 bits per heavy atom. The van der Waals surface area contributed by atoms with Crippen molar-refractivity contribution in [2.45, 2.75) is 13.0 Å². The number of amides is 1. The number of para-hydroxylation sites is 2. The zero-order chi connectivity index (χ0) is 18.8. The molecule has 0 bridgehead atoms. The van der Waals surface area contributed by atoms with Gasteiger partial charge in [-0.1, -0.05) is 18.2 Å². The molecule has 0 atom stereocenters. The molecule has 0 radical (unpaired) electrons. The largest absolute Gasteiger partial charge is 0.310 e. The lowest BCUT2D eigenvalue weighted by molar-refractivity contribution is 0.102. The number of aryl methyl sites for hydroxylation is 2. The van der Waals surface area contributed by atoms with Gasteiger partial charge in [0.25, 0.3) is 5.91 Å². The Morgan fingerprint density at radius 1 is 1.15 bits per heavy atom. The van der Waals surface area contributed by atoms with Gasteiger partial charge in [0, 0.05) is 34.7 Å². The Morgan fingerprint density at radius 3 is 2.70 bits per heavy atom. The number of anilines is 1. The number of thiophene rings is 1. The highest BCUT2D eigenvalue weighted by atomic mass is 79.9. The normalized spacial score (nSPS) is 11.0. The van der Waals surface area contributed by atoms with Crippen LogP contribution in [-0.4, -0.2) is 20.4 Å². The average Bonchev–Trinajstić information content (AvgIpc) is 3.20. The number of carbonyl (C=O) groups excluding carboxylic acids is 1. The molecule has 0 saturated heterocycles. The highest BCUT2D eigenvalue weighted by Gasteiger charge is 2.19. The van der Waals surface area contributed by atoms with E-state index in [1.165, 1.54) is 11.3 Å². The molecule has 4 aromatic rings. The van der Waals surface area contributed by atoms with Gasteiger partial charge in [0.1, 0.15) is 4.88 Å². The molecule has 4 rings (SSSR count). The van der Waals surface area contributed by atoms with Crippen LogP contribution in [-0.2, 0) is 13.0 Å². The molecule has 0 aliphatic heterocycles. The molecule has 0 aliphatic rings. The second-order valence-electron chi connectivity index (χ2n) is 5.83. The summed E-state index contributed by atoms with van der Waals surface area (Å²) in [7, 11) is 0. The molecule has 1 N–H and O–H groups in total. The van der Waals surface area contributed by atoms with Crippen molar-refractivity contribution in [1.82, 2.24) is 14.5 Å². The second kappa shape index (κ2) is 7.92. The third-order valence-corrected chi connectivity index (χ3v) is 7.62. The van der Waals surface area contributed by atoms with Crippen molar-refractivity contribution in [3.63, 3.8) is 0 Å². The number of hydrogen-bond acceptors (Lipinski definition) is 4. The van der Waals surface area contributed by atoms with Crippen molar-refractivity contribution in [1.29, 1.82) is 0 Å². The topological polar surface area (TPSA) is 59.8 Å². The first kappa shape index (κ1) is 18.3. The highest BCUT2D eigenvalue weighted by Crippen LogP contribution is 2.33. The van der Waals surface area contributed by atoms with Crippen LogP contribution in [0, 0.1) is 0 Å². The minimum atomic E-state index is -0.188. The fourth-order valence-electron chi connectivity index (χ4n) is 2.80. The average molecular weight is 506 g/mol. The van der Waals surface area contributed by atoms with E-state index in [9.17, 15) is 4.79 Å². The summed E-state index contributed by atoms with van der Waals surface area (Å²) in [5, 5.41) is 4.84. The van der Waals surface area contributed by atoms with Crippen LogP contribution in [0.2, 0.25) is 0 Å². The van der Waals surface area contributed by atoms with Gasteiger partial charge in [0.2, 0.25) is 5.95 Å². The van der Waals surface area contributed by atoms with E-state index in [0.29, 0.717) is 17.4 Å². The quantitative estimate of drug-likeness (QED) is 0.389. The molecule has 3 heterocycles. The molecule has 0 unspecified atom stereocenters. The van der Waals surface area contributed by atoms with Gasteiger partial charge >= 0.3 is 0 Å². The number of nitrogens with zero attached hydrogens (tertiary/aromatic N) is 3. The van der Waals surface area contributed by atoms with Gasteiger partial charge in [-0.15, -0.1) is 11.3 Å². The van der Waals surface area contributed by atoms with Crippen LogP contribution >= 0.6 is 43.2 Å². The van der Waals surface area contributed by atoms with Crippen molar-refractivity contribution in [3.8, 4) is 0 Å². The van der Waals surface area contributed by atoms with Crippen LogP contribution in [0.3, 0.4) is 0 Å². The number of hydrogen-bond donors (Lipinski definition) is 1. The Hall–Kier alpha value is -2.03. The molecule has 136 valence electrons. The standard InChI is InChI=1S/C19H14Br2N4OS/c20-13-11-27-17(16(13)21)18(26)24-19-23-14-6-1-2-7-15(14)25(19)10-8-12-5-3-4-9-22-12/h1-7,9,11H,8,10H2,(H,23,24,26). The van der Waals surface area contributed by atoms with E-state index in [-0.39, 0.29) is 5.91 Å². The number of imidazole rings is 1. The molecular formula is C19H14Br2N4OS. The fraction of sp³-hybridized carbons (Fsp3) is 0.105. The lowest BCUT2D eigenvalue weighted by Crippen LogP contribution is -2.16. The first-order valence-electron chi connectivity index (χ1n) is 8.22. The Balaban J connectivity index is 1.65. The molecule has 0 saturated carbocycles. The summed E-state index contributed by atoms with van der Waals surface area (Å²) < 4.78 is 3.64. The summed E-state index contributed by atoms with van der Waals surface area (Å²) in [5.41, 5.74) is 2.83. The molecule has 0 fully saturated rings. The van der Waals surface area contributed by atoms with Gasteiger partial charge in [-0.25, -0.2) is 4.98 Å². The molecule has 1 aromatic carbocycles. The summed E-state index contributed by atoms with van der Waals surface area (Å²) in [6.07, 6.45) is 2.54. The Kier molecular flexibility index (Phi) is 5.38. The first-order chi connectivity index (χ1) is 13.1. The zero-order valence-electron chi connectivity index (χ0n) is 14.0. The molecule has 8 heteroatoms. The van der Waals surface area contributed by atoms with Crippen molar-refractivity contribution in [3.05, 3.63) is 73.6 Å². The monoisotopic (exact) mass is 504 g/mol. The number of benzene rings is 1. The number of halogens is 2. The molecule has 1 amide bonds. The number of pyridine rings is 1. The Bertz CT molecular complexity index is 1110. The van der Waals surface area contributed by atoms with Crippen LogP contribution < -0.4 is 5.32 Å². The van der Waals surface area contributed by atoms with Gasteiger partial charge in [-0.3, -0.25) is 15.1 Å². The lowest BCUT2D eigenvalue weighted by Gasteiger charge is -2.10. The third-order valence-electron chi connectivity index (χ3n) is 4.09. The van der Waals surface area contributed by atoms with Crippen molar-refractivity contribution in [2.75, 3.05) is 5.32 Å². The van der Waals surface area contributed by atoms with E-state index >= 15 is 0 Å². The van der Waals surface area contributed by atoms with Gasteiger partial charge < -0.3 is 4.57 Å². The molecule has 0 aliphatic carbocycles. The maximum Gasteiger partial charge on any atom is 0.269 e. The fourth-order valence-corrected chi connectivity index (χ4v) is 4.85. The maximum absolute atomic E-state index is 12.7. The molecule has 5 nitrogen and oxygen atoms in total. The van der Waals surface area contributed by atoms with Crippen molar-refractivity contribution in [2.24, 2.45) is 0 Å². The van der Waals surface area contributed by atoms with Gasteiger partial charge in [0.05, 0.1) is 15.5 Å². The van der Waals surface area contributed by atoms with E-state index < -0.39 is 0 Å². The lowest BCUT2D eigenvalue weighted by atomic mass is 10.2. The SMILES string of the molecule is O=C(Nc1nc2ccccc2n1CCc1ccccn1)c1scc(Br)c1Br. The summed E-state index contributed by atoms with van der Waals surface area (Å²) in [6.45, 7) is 0.669. The summed E-state index contributed by atoms with van der Waals surface area (Å²) in [6, 6.07) is 13.7. The minimum absolute atomic E-state index is 0.188. The van der Waals surface area contributed by atoms with E-state index in [1.807, 2.05) is 52.4 Å². The number of aromatic nitrogens is 3. The summed E-state index contributed by atoms with van der Waals surface area (Å²) in [4.78, 5) is 22.3. The smallest absolute Gasteiger partial charge is 0.269 e. The maximum atomic E-state index is 12.7. The highest BCUT2D eigenvalue weighted by molar-refractivity contribution is 9.13. The second-order valence-corrected chi connectivity index (χ2v) is 8.35. The molecule has 0 spiro atoms. The van der Waals surface area contributed by atoms with Crippen LogP contribution in [0.4, 0.5) is 5.95 Å². The van der Waals surface area contributed by atoms with E-state index in [2.05, 4.69) is 47.1 Å². The molecular weight excluding hydrogens is 492 g/mol. The van der Waals surface area contributed by atoms with Gasteiger partial charge in [-0.2, -0.15) is 0 Å². The van der Waals surface area contributed by atoms with Crippen LogP contribution in [0.15, 0.2) is 63.0 Å². The van der Waals surface area contributed by atoms with E-state index in [4.69, 9.17) is 0 Å². The Labute approximate surface area is 176 Å². The number of nitrogens with one attached hydrogen (secondary N) is 1. The minimum Gasteiger partial charge on any atom is -0.310 e. The van der Waals surface area contributed by atoms with Gasteiger partial charge in [-0.05, 0) is 56.1 Å². The van der Waals surface area contributed by atoms with Gasteiger partial charge in [0.15, 0.2) is 0 Å². The number of fused-ring (bicyclic) bond motifs is 1. The van der Waals surface area contributed by atoms with Crippen molar-refractivity contribution >= 4 is 66.1 Å².